The molecule has 13 heavy (non-hydrogen) atoms. The molecule has 1 N–H and O–H groups in total. The van der Waals surface area contributed by atoms with Gasteiger partial charge in [0, 0.05) is 7.05 Å². The number of ether oxygens (including phenoxy) is 1. The molecule has 0 aliphatic heterocycles. The van der Waals surface area contributed by atoms with Gasteiger partial charge >= 0.3 is 6.61 Å². The van der Waals surface area contributed by atoms with E-state index in [0.717, 1.165) is 6.07 Å². The first kappa shape index (κ1) is 9.70. The van der Waals surface area contributed by atoms with Gasteiger partial charge in [-0.2, -0.15) is 8.78 Å². The molecule has 0 aliphatic rings. The van der Waals surface area contributed by atoms with Crippen LogP contribution in [0.15, 0.2) is 18.2 Å². The quantitative estimate of drug-likeness (QED) is 0.792. The van der Waals surface area contributed by atoms with Crippen LogP contribution in [0.3, 0.4) is 0 Å². The summed E-state index contributed by atoms with van der Waals surface area (Å²) in [7, 11) is 1.43. The minimum absolute atomic E-state index is 0.0669. The number of para-hydroxylation sites is 1. The van der Waals surface area contributed by atoms with Gasteiger partial charge in [0.05, 0.1) is 0 Å². The number of halogens is 3. The maximum atomic E-state index is 12.9. The van der Waals surface area contributed by atoms with Crippen LogP contribution in [0, 0.1) is 5.82 Å². The van der Waals surface area contributed by atoms with Gasteiger partial charge in [0.2, 0.25) is 0 Å². The lowest BCUT2D eigenvalue weighted by molar-refractivity contribution is -0.0494. The predicted octanol–water partition coefficient (Wildman–Crippen LogP) is 2.47. The SMILES string of the molecule is CNc1c(F)cccc1OC(F)F. The second-order valence-electron chi connectivity index (χ2n) is 2.24. The van der Waals surface area contributed by atoms with Crippen molar-refractivity contribution >= 4 is 5.69 Å². The molecule has 0 atom stereocenters. The molecule has 1 aromatic carbocycles. The molecule has 0 amide bonds. The Hall–Kier alpha value is -1.39. The monoisotopic (exact) mass is 191 g/mol. The van der Waals surface area contributed by atoms with Crippen LogP contribution in [-0.2, 0) is 0 Å². The van der Waals surface area contributed by atoms with Crippen LogP contribution in [0.1, 0.15) is 0 Å². The first-order chi connectivity index (χ1) is 6.15. The van der Waals surface area contributed by atoms with Gasteiger partial charge in [0.25, 0.3) is 0 Å². The van der Waals surface area contributed by atoms with E-state index in [2.05, 4.69) is 10.1 Å². The van der Waals surface area contributed by atoms with Crippen LogP contribution in [-0.4, -0.2) is 13.7 Å². The lowest BCUT2D eigenvalue weighted by Gasteiger charge is -2.10. The molecule has 1 aromatic rings. The van der Waals surface area contributed by atoms with Gasteiger partial charge in [0.15, 0.2) is 5.75 Å². The number of anilines is 1. The lowest BCUT2D eigenvalue weighted by atomic mass is 10.3. The average Bonchev–Trinajstić information content (AvgIpc) is 2.03. The summed E-state index contributed by atoms with van der Waals surface area (Å²) in [5, 5.41) is 2.44. The van der Waals surface area contributed by atoms with Crippen molar-refractivity contribution in [1.29, 1.82) is 0 Å². The van der Waals surface area contributed by atoms with Crippen molar-refractivity contribution < 1.29 is 17.9 Å². The van der Waals surface area contributed by atoms with Crippen LogP contribution in [0.4, 0.5) is 18.9 Å². The summed E-state index contributed by atoms with van der Waals surface area (Å²) in [6, 6.07) is 3.72. The second-order valence-corrected chi connectivity index (χ2v) is 2.24. The molecule has 72 valence electrons. The molecule has 0 spiro atoms. The van der Waals surface area contributed by atoms with Crippen LogP contribution in [0.5, 0.6) is 5.75 Å². The highest BCUT2D eigenvalue weighted by Gasteiger charge is 2.11. The number of nitrogens with one attached hydrogen (secondary N) is 1. The summed E-state index contributed by atoms with van der Waals surface area (Å²) >= 11 is 0. The van der Waals surface area contributed by atoms with Crippen molar-refractivity contribution in [3.8, 4) is 5.75 Å². The van der Waals surface area contributed by atoms with Gasteiger partial charge in [-0.3, -0.25) is 0 Å². The fourth-order valence-corrected chi connectivity index (χ4v) is 0.941. The zero-order valence-electron chi connectivity index (χ0n) is 6.85. The zero-order chi connectivity index (χ0) is 9.84. The van der Waals surface area contributed by atoms with Gasteiger partial charge in [0.1, 0.15) is 11.5 Å². The Labute approximate surface area is 73.3 Å². The third kappa shape index (κ3) is 2.27. The second kappa shape index (κ2) is 4.02. The van der Waals surface area contributed by atoms with Crippen LogP contribution >= 0.6 is 0 Å². The Morgan fingerprint density at radius 2 is 2.08 bits per heavy atom. The first-order valence-corrected chi connectivity index (χ1v) is 3.56. The van der Waals surface area contributed by atoms with E-state index in [1.807, 2.05) is 0 Å². The van der Waals surface area contributed by atoms with Crippen LogP contribution in [0.2, 0.25) is 0 Å². The molecule has 0 saturated heterocycles. The molecule has 0 aliphatic carbocycles. The number of alkyl halides is 2. The minimum Gasteiger partial charge on any atom is -0.433 e. The molecule has 0 unspecified atom stereocenters. The molecular weight excluding hydrogens is 183 g/mol. The van der Waals surface area contributed by atoms with Crippen molar-refractivity contribution in [2.45, 2.75) is 6.61 Å². The fraction of sp³-hybridized carbons (Fsp3) is 0.250. The normalized spacial score (nSPS) is 10.2. The zero-order valence-corrected chi connectivity index (χ0v) is 6.85. The smallest absolute Gasteiger partial charge is 0.387 e. The van der Waals surface area contributed by atoms with E-state index in [1.54, 1.807) is 0 Å². The molecular formula is C8H8F3NO. The van der Waals surface area contributed by atoms with Crippen LogP contribution in [0.25, 0.3) is 0 Å². The third-order valence-electron chi connectivity index (χ3n) is 1.44. The van der Waals surface area contributed by atoms with Gasteiger partial charge in [-0.15, -0.1) is 0 Å². The summed E-state index contributed by atoms with van der Waals surface area (Å²) in [4.78, 5) is 0. The first-order valence-electron chi connectivity index (χ1n) is 3.56. The Bertz CT molecular complexity index is 291. The number of hydrogen-bond acceptors (Lipinski definition) is 2. The summed E-state index contributed by atoms with van der Waals surface area (Å²) in [5.41, 5.74) is -0.0669. The maximum Gasteiger partial charge on any atom is 0.387 e. The van der Waals surface area contributed by atoms with Crippen LogP contribution < -0.4 is 10.1 Å². The number of hydrogen-bond donors (Lipinski definition) is 1. The van der Waals surface area contributed by atoms with Gasteiger partial charge in [-0.25, -0.2) is 4.39 Å². The molecule has 5 heteroatoms. The van der Waals surface area contributed by atoms with E-state index in [1.165, 1.54) is 19.2 Å². The molecule has 0 radical (unpaired) electrons. The van der Waals surface area contributed by atoms with E-state index >= 15 is 0 Å². The largest absolute Gasteiger partial charge is 0.433 e. The third-order valence-corrected chi connectivity index (χ3v) is 1.44. The molecule has 0 aromatic heterocycles. The standard InChI is InChI=1S/C8H8F3NO/c1-12-7-5(9)3-2-4-6(7)13-8(10)11/h2-4,8,12H,1H3. The number of rotatable bonds is 3. The molecule has 0 saturated carbocycles. The maximum absolute atomic E-state index is 12.9. The molecule has 1 rings (SSSR count). The Morgan fingerprint density at radius 1 is 1.38 bits per heavy atom. The Balaban J connectivity index is 2.98. The molecule has 0 heterocycles. The predicted molar refractivity (Wildman–Crippen MR) is 42.6 cm³/mol. The minimum atomic E-state index is -2.95. The average molecular weight is 191 g/mol. The fourth-order valence-electron chi connectivity index (χ4n) is 0.941. The van der Waals surface area contributed by atoms with E-state index in [4.69, 9.17) is 0 Å². The van der Waals surface area contributed by atoms with E-state index in [0.29, 0.717) is 0 Å². The van der Waals surface area contributed by atoms with Crippen molar-refractivity contribution in [1.82, 2.24) is 0 Å². The molecule has 0 bridgehead atoms. The van der Waals surface area contributed by atoms with Gasteiger partial charge in [-0.1, -0.05) is 6.07 Å². The highest BCUT2D eigenvalue weighted by Crippen LogP contribution is 2.27. The Morgan fingerprint density at radius 3 is 2.62 bits per heavy atom. The summed E-state index contributed by atoms with van der Waals surface area (Å²) < 4.78 is 40.6. The summed E-state index contributed by atoms with van der Waals surface area (Å²) in [5.74, 6) is -0.821. The van der Waals surface area contributed by atoms with E-state index < -0.39 is 12.4 Å². The summed E-state index contributed by atoms with van der Waals surface area (Å²) in [6.07, 6.45) is 0. The summed E-state index contributed by atoms with van der Waals surface area (Å²) in [6.45, 7) is -2.95. The van der Waals surface area contributed by atoms with E-state index in [-0.39, 0.29) is 11.4 Å². The number of benzene rings is 1. The topological polar surface area (TPSA) is 21.3 Å². The van der Waals surface area contributed by atoms with Gasteiger partial charge in [-0.05, 0) is 12.1 Å². The van der Waals surface area contributed by atoms with E-state index in [9.17, 15) is 13.2 Å². The highest BCUT2D eigenvalue weighted by atomic mass is 19.3. The van der Waals surface area contributed by atoms with Crippen molar-refractivity contribution in [2.24, 2.45) is 0 Å². The molecule has 0 fully saturated rings. The van der Waals surface area contributed by atoms with Crippen molar-refractivity contribution in [2.75, 3.05) is 12.4 Å². The van der Waals surface area contributed by atoms with Gasteiger partial charge < -0.3 is 10.1 Å². The lowest BCUT2D eigenvalue weighted by Crippen LogP contribution is -2.05. The Kier molecular flexibility index (Phi) is 3.00. The van der Waals surface area contributed by atoms with Crippen molar-refractivity contribution in [3.63, 3.8) is 0 Å². The highest BCUT2D eigenvalue weighted by molar-refractivity contribution is 5.56. The van der Waals surface area contributed by atoms with Crippen molar-refractivity contribution in [3.05, 3.63) is 24.0 Å². The molecule has 2 nitrogen and oxygen atoms in total.